The van der Waals surface area contributed by atoms with Gasteiger partial charge in [-0.1, -0.05) is 126 Å². The van der Waals surface area contributed by atoms with Gasteiger partial charge in [0.2, 0.25) is 0 Å². The van der Waals surface area contributed by atoms with Crippen LogP contribution >= 0.6 is 11.3 Å². The van der Waals surface area contributed by atoms with Crippen molar-refractivity contribution in [2.45, 2.75) is 25.8 Å². The van der Waals surface area contributed by atoms with E-state index in [0.717, 1.165) is 57.0 Å². The van der Waals surface area contributed by atoms with Gasteiger partial charge in [-0.2, -0.15) is 0 Å². The van der Waals surface area contributed by atoms with E-state index in [1.165, 1.54) is 28.5 Å². The smallest absolute Gasteiger partial charge is 0.271 e. The predicted molar refractivity (Wildman–Crippen MR) is 207 cm³/mol. The fraction of sp³-hybridized carbons (Fsp3) is 0.0909. The second-order valence-electron chi connectivity index (χ2n) is 13.2. The number of nitrogens with zero attached hydrogens (tertiary/aromatic N) is 4. The third-order valence-corrected chi connectivity index (χ3v) is 11.0. The van der Waals surface area contributed by atoms with Crippen molar-refractivity contribution >= 4 is 28.8 Å². The van der Waals surface area contributed by atoms with Crippen LogP contribution in [-0.4, -0.2) is 14.1 Å². The van der Waals surface area contributed by atoms with Crippen LogP contribution in [0.4, 0.5) is 5.69 Å². The Labute approximate surface area is 303 Å². The zero-order valence-electron chi connectivity index (χ0n) is 28.3. The molecule has 2 aromatic heterocycles. The number of nitro benzene ring substituents is 1. The molecule has 0 saturated carbocycles. The minimum Gasteiger partial charge on any atom is -0.309 e. The van der Waals surface area contributed by atoms with Crippen LogP contribution in [0.2, 0.25) is 0 Å². The highest BCUT2D eigenvalue weighted by Gasteiger charge is 2.33. The standard InChI is InChI=1S/C44H32N4O3S/c1-28-19-22-34(23-20-28)46-38(30-12-4-2-5-13-30)26-33(41(46)31-14-6-3-7-15-31)27-39-43(49)47-42(32-16-10-17-35(25-32)48(50)51)37-24-21-29-11-8-9-18-36(29)40(37)45-44(47)52-39/h2-20,22-23,25-27,42H,21,24H2,1H3/b39-27+/t42-/m0/s1. The largest absolute Gasteiger partial charge is 0.309 e. The van der Waals surface area contributed by atoms with Gasteiger partial charge in [0, 0.05) is 28.9 Å². The number of nitro groups is 1. The number of non-ortho nitro benzene ring substituents is 1. The average Bonchev–Trinajstić information content (AvgIpc) is 3.71. The lowest BCUT2D eigenvalue weighted by atomic mass is 9.83. The maximum absolute atomic E-state index is 14.8. The van der Waals surface area contributed by atoms with Crippen LogP contribution in [0.25, 0.3) is 40.0 Å². The van der Waals surface area contributed by atoms with E-state index >= 15 is 0 Å². The van der Waals surface area contributed by atoms with Gasteiger partial charge in [-0.25, -0.2) is 4.99 Å². The molecule has 8 heteroatoms. The first-order valence-electron chi connectivity index (χ1n) is 17.3. The highest BCUT2D eigenvalue weighted by atomic mass is 32.1. The Kier molecular flexibility index (Phi) is 7.74. The summed E-state index contributed by atoms with van der Waals surface area (Å²) in [6, 6.07) is 45.6. The Morgan fingerprint density at radius 2 is 1.52 bits per heavy atom. The summed E-state index contributed by atoms with van der Waals surface area (Å²) in [4.78, 5) is 32.0. The van der Waals surface area contributed by atoms with Crippen molar-refractivity contribution < 1.29 is 4.92 Å². The van der Waals surface area contributed by atoms with E-state index in [0.29, 0.717) is 21.3 Å². The number of benzene rings is 5. The van der Waals surface area contributed by atoms with Gasteiger partial charge in [0.1, 0.15) is 0 Å². The molecule has 0 saturated heterocycles. The van der Waals surface area contributed by atoms with Gasteiger partial charge in [-0.05, 0) is 71.9 Å². The Morgan fingerprint density at radius 1 is 0.808 bits per heavy atom. The summed E-state index contributed by atoms with van der Waals surface area (Å²) >= 11 is 1.36. The molecule has 0 N–H and O–H groups in total. The van der Waals surface area contributed by atoms with E-state index in [4.69, 9.17) is 4.99 Å². The van der Waals surface area contributed by atoms with E-state index in [-0.39, 0.29) is 16.2 Å². The molecule has 0 fully saturated rings. The van der Waals surface area contributed by atoms with Crippen LogP contribution in [-0.2, 0) is 6.42 Å². The molecule has 0 radical (unpaired) electrons. The second kappa shape index (κ2) is 12.7. The van der Waals surface area contributed by atoms with Gasteiger partial charge in [0.15, 0.2) is 4.80 Å². The van der Waals surface area contributed by atoms with Crippen molar-refractivity contribution in [1.29, 1.82) is 0 Å². The maximum atomic E-state index is 14.8. The van der Waals surface area contributed by atoms with Crippen LogP contribution in [0.5, 0.6) is 0 Å². The molecule has 2 aliphatic rings. The SMILES string of the molecule is Cc1ccc(-n2c(-c3ccccc3)cc(/C=c3/sc4n(c3=O)[C@@H](c3cccc([N+](=O)[O-])c3)C3=C(N=4)c4ccccc4CC3)c2-c2ccccc2)cc1. The molecule has 0 bridgehead atoms. The third-order valence-electron chi connectivity index (χ3n) is 10.00. The Bertz CT molecular complexity index is 2740. The number of allylic oxidation sites excluding steroid dienone is 1. The minimum absolute atomic E-state index is 0.00613. The number of hydrogen-bond acceptors (Lipinski definition) is 5. The Hall–Kier alpha value is -6.38. The number of thiazole rings is 1. The normalized spacial score (nSPS) is 15.1. The number of aryl methyl sites for hydroxylation is 2. The van der Waals surface area contributed by atoms with E-state index in [9.17, 15) is 14.9 Å². The average molecular weight is 697 g/mol. The minimum atomic E-state index is -0.521. The highest BCUT2D eigenvalue weighted by molar-refractivity contribution is 7.07. The zero-order chi connectivity index (χ0) is 35.3. The molecule has 7 aromatic rings. The van der Waals surface area contributed by atoms with E-state index in [2.05, 4.69) is 78.2 Å². The van der Waals surface area contributed by atoms with Gasteiger partial charge in [-0.15, -0.1) is 0 Å². The van der Waals surface area contributed by atoms with Crippen molar-refractivity contribution in [3.05, 3.63) is 203 Å². The summed E-state index contributed by atoms with van der Waals surface area (Å²) in [5, 5.41) is 11.9. The molecule has 1 aliphatic heterocycles. The lowest BCUT2D eigenvalue weighted by Crippen LogP contribution is -2.38. The molecule has 252 valence electrons. The third kappa shape index (κ3) is 5.36. The topological polar surface area (TPSA) is 82.4 Å². The molecule has 1 atom stereocenters. The number of aromatic nitrogens is 2. The summed E-state index contributed by atoms with van der Waals surface area (Å²) in [7, 11) is 0. The number of rotatable bonds is 6. The van der Waals surface area contributed by atoms with Gasteiger partial charge in [0.25, 0.3) is 11.2 Å². The van der Waals surface area contributed by atoms with Crippen molar-refractivity contribution in [3.63, 3.8) is 0 Å². The fourth-order valence-electron chi connectivity index (χ4n) is 7.59. The van der Waals surface area contributed by atoms with E-state index in [1.54, 1.807) is 16.7 Å². The predicted octanol–water partition coefficient (Wildman–Crippen LogP) is 8.66. The first kappa shape index (κ1) is 31.6. The summed E-state index contributed by atoms with van der Waals surface area (Å²) < 4.78 is 4.56. The lowest BCUT2D eigenvalue weighted by Gasteiger charge is -2.30. The van der Waals surface area contributed by atoms with Crippen LogP contribution < -0.4 is 14.9 Å². The first-order chi connectivity index (χ1) is 25.4. The molecular formula is C44H32N4O3S. The molecule has 0 unspecified atom stereocenters. The van der Waals surface area contributed by atoms with Gasteiger partial charge >= 0.3 is 0 Å². The lowest BCUT2D eigenvalue weighted by molar-refractivity contribution is -0.384. The van der Waals surface area contributed by atoms with Gasteiger partial charge in [0.05, 0.1) is 32.6 Å². The van der Waals surface area contributed by atoms with E-state index in [1.807, 2.05) is 60.7 Å². The molecule has 7 nitrogen and oxygen atoms in total. The van der Waals surface area contributed by atoms with Crippen LogP contribution in [0.1, 0.15) is 40.3 Å². The van der Waals surface area contributed by atoms with Gasteiger partial charge in [-0.3, -0.25) is 19.5 Å². The Balaban J connectivity index is 1.32. The van der Waals surface area contributed by atoms with Crippen molar-refractivity contribution in [2.24, 2.45) is 4.99 Å². The van der Waals surface area contributed by atoms with Gasteiger partial charge < -0.3 is 4.57 Å². The first-order valence-corrected chi connectivity index (χ1v) is 18.1. The summed E-state index contributed by atoms with van der Waals surface area (Å²) in [6.07, 6.45) is 3.49. The van der Waals surface area contributed by atoms with E-state index < -0.39 is 6.04 Å². The number of fused-ring (bicyclic) bond motifs is 3. The molecule has 9 rings (SSSR count). The maximum Gasteiger partial charge on any atom is 0.271 e. The summed E-state index contributed by atoms with van der Waals surface area (Å²) in [5.41, 5.74) is 11.8. The fourth-order valence-corrected chi connectivity index (χ4v) is 8.58. The molecule has 52 heavy (non-hydrogen) atoms. The summed E-state index contributed by atoms with van der Waals surface area (Å²) in [6.45, 7) is 2.08. The summed E-state index contributed by atoms with van der Waals surface area (Å²) in [5.74, 6) is 0. The number of hydrogen-bond donors (Lipinski definition) is 0. The van der Waals surface area contributed by atoms with Crippen LogP contribution in [0.15, 0.2) is 155 Å². The Morgan fingerprint density at radius 3 is 2.27 bits per heavy atom. The van der Waals surface area contributed by atoms with Crippen molar-refractivity contribution in [3.8, 4) is 28.2 Å². The molecule has 5 aromatic carbocycles. The molecule has 0 amide bonds. The van der Waals surface area contributed by atoms with Crippen molar-refractivity contribution in [2.75, 3.05) is 0 Å². The second-order valence-corrected chi connectivity index (χ2v) is 14.2. The van der Waals surface area contributed by atoms with Crippen molar-refractivity contribution in [1.82, 2.24) is 9.13 Å². The molecule has 0 spiro atoms. The molecular weight excluding hydrogens is 665 g/mol. The zero-order valence-corrected chi connectivity index (χ0v) is 29.1. The monoisotopic (exact) mass is 696 g/mol. The molecule has 1 aliphatic carbocycles. The quantitative estimate of drug-likeness (QED) is 0.129. The molecule has 3 heterocycles. The van der Waals surface area contributed by atoms with Crippen LogP contribution in [0.3, 0.4) is 0 Å². The highest BCUT2D eigenvalue weighted by Crippen LogP contribution is 2.42. The van der Waals surface area contributed by atoms with Crippen LogP contribution in [0, 0.1) is 17.0 Å².